The van der Waals surface area contributed by atoms with Crippen molar-refractivity contribution in [1.82, 2.24) is 9.97 Å². The Hall–Kier alpha value is -5.68. The number of nitriles is 2. The SMILES string of the molecule is N#Cc1cc(C(=O)Nc2ccc(NC(=O)c3cc(C#N)c(=S)[nH]c3-c3ccccc3)cc2)c(-c2ccccc2)[nH]c1=S. The van der Waals surface area contributed by atoms with Crippen LogP contribution in [0, 0.1) is 31.9 Å². The Labute approximate surface area is 250 Å². The molecule has 5 aromatic rings. The second-order valence-corrected chi connectivity index (χ2v) is 9.86. The van der Waals surface area contributed by atoms with Crippen LogP contribution in [0.25, 0.3) is 22.5 Å². The van der Waals surface area contributed by atoms with Gasteiger partial charge in [0.2, 0.25) is 0 Å². The van der Waals surface area contributed by atoms with Crippen LogP contribution in [0.4, 0.5) is 11.4 Å². The second kappa shape index (κ2) is 12.2. The van der Waals surface area contributed by atoms with E-state index in [1.54, 1.807) is 24.3 Å². The van der Waals surface area contributed by atoms with Gasteiger partial charge in [0, 0.05) is 11.4 Å². The summed E-state index contributed by atoms with van der Waals surface area (Å²) in [4.78, 5) is 32.6. The Bertz CT molecular complexity index is 1870. The van der Waals surface area contributed by atoms with E-state index in [9.17, 15) is 20.1 Å². The minimum absolute atomic E-state index is 0.184. The minimum atomic E-state index is -0.440. The molecule has 2 amide bonds. The number of nitrogens with zero attached hydrogens (tertiary/aromatic N) is 2. The number of hydrogen-bond acceptors (Lipinski definition) is 6. The van der Waals surface area contributed by atoms with Crippen LogP contribution in [-0.4, -0.2) is 21.8 Å². The highest BCUT2D eigenvalue weighted by Crippen LogP contribution is 2.26. The predicted molar refractivity (Wildman–Crippen MR) is 166 cm³/mol. The fourth-order valence-electron chi connectivity index (χ4n) is 4.28. The van der Waals surface area contributed by atoms with Crippen molar-refractivity contribution >= 4 is 47.6 Å². The molecule has 0 atom stereocenters. The van der Waals surface area contributed by atoms with Crippen LogP contribution in [0.2, 0.25) is 0 Å². The zero-order chi connectivity index (χ0) is 29.6. The zero-order valence-electron chi connectivity index (χ0n) is 21.8. The van der Waals surface area contributed by atoms with E-state index in [1.807, 2.05) is 72.8 Å². The van der Waals surface area contributed by atoms with Crippen molar-refractivity contribution in [3.8, 4) is 34.7 Å². The van der Waals surface area contributed by atoms with E-state index in [4.69, 9.17) is 24.4 Å². The molecule has 0 unspecified atom stereocenters. The summed E-state index contributed by atoms with van der Waals surface area (Å²) in [5.41, 5.74) is 4.30. The van der Waals surface area contributed by atoms with Crippen molar-refractivity contribution < 1.29 is 9.59 Å². The maximum Gasteiger partial charge on any atom is 0.257 e. The molecule has 0 aliphatic heterocycles. The highest BCUT2D eigenvalue weighted by molar-refractivity contribution is 7.71. The lowest BCUT2D eigenvalue weighted by Crippen LogP contribution is -2.16. The molecule has 4 N–H and O–H groups in total. The molecule has 2 heterocycles. The van der Waals surface area contributed by atoms with Crippen molar-refractivity contribution in [2.24, 2.45) is 0 Å². The van der Waals surface area contributed by atoms with Crippen molar-refractivity contribution in [3.05, 3.63) is 129 Å². The van der Waals surface area contributed by atoms with Gasteiger partial charge in [-0.2, -0.15) is 10.5 Å². The highest BCUT2D eigenvalue weighted by Gasteiger charge is 2.18. The molecule has 0 saturated heterocycles. The molecular formula is C32H20N6O2S2. The number of anilines is 2. The van der Waals surface area contributed by atoms with Gasteiger partial charge in [0.25, 0.3) is 11.8 Å². The second-order valence-electron chi connectivity index (χ2n) is 9.04. The number of nitrogens with one attached hydrogen (secondary N) is 4. The topological polar surface area (TPSA) is 137 Å². The summed E-state index contributed by atoms with van der Waals surface area (Å²) in [6.07, 6.45) is 0. The molecule has 42 heavy (non-hydrogen) atoms. The van der Waals surface area contributed by atoms with Gasteiger partial charge in [0.15, 0.2) is 0 Å². The molecule has 0 saturated carbocycles. The number of hydrogen-bond donors (Lipinski definition) is 4. The molecule has 202 valence electrons. The van der Waals surface area contributed by atoms with Gasteiger partial charge in [-0.3, -0.25) is 9.59 Å². The minimum Gasteiger partial charge on any atom is -0.344 e. The van der Waals surface area contributed by atoms with Crippen molar-refractivity contribution in [1.29, 1.82) is 10.5 Å². The molecular weight excluding hydrogens is 565 g/mol. The van der Waals surface area contributed by atoms with Crippen LogP contribution in [0.1, 0.15) is 31.8 Å². The van der Waals surface area contributed by atoms with E-state index in [1.165, 1.54) is 12.1 Å². The fourth-order valence-corrected chi connectivity index (χ4v) is 4.70. The number of pyridine rings is 2. The Morgan fingerprint density at radius 1 is 0.595 bits per heavy atom. The van der Waals surface area contributed by atoms with E-state index in [0.717, 1.165) is 11.1 Å². The van der Waals surface area contributed by atoms with Gasteiger partial charge in [0.05, 0.1) is 33.6 Å². The van der Waals surface area contributed by atoms with Crippen molar-refractivity contribution in [3.63, 3.8) is 0 Å². The van der Waals surface area contributed by atoms with Crippen LogP contribution >= 0.6 is 24.4 Å². The maximum absolute atomic E-state index is 13.3. The van der Waals surface area contributed by atoms with Gasteiger partial charge in [0.1, 0.15) is 21.4 Å². The van der Waals surface area contributed by atoms with Gasteiger partial charge >= 0.3 is 0 Å². The summed E-state index contributed by atoms with van der Waals surface area (Å²) in [6, 6.07) is 32.0. The van der Waals surface area contributed by atoms with E-state index < -0.39 is 11.8 Å². The number of aromatic nitrogens is 2. The van der Waals surface area contributed by atoms with Gasteiger partial charge in [-0.1, -0.05) is 85.1 Å². The lowest BCUT2D eigenvalue weighted by Gasteiger charge is -2.13. The highest BCUT2D eigenvalue weighted by atomic mass is 32.1. The van der Waals surface area contributed by atoms with E-state index >= 15 is 0 Å². The third kappa shape index (κ3) is 5.91. The number of carbonyl (C=O) groups is 2. The monoisotopic (exact) mass is 584 g/mol. The number of carbonyl (C=O) groups excluding carboxylic acids is 2. The molecule has 0 aliphatic rings. The largest absolute Gasteiger partial charge is 0.344 e. The van der Waals surface area contributed by atoms with Crippen molar-refractivity contribution in [2.75, 3.05) is 10.6 Å². The van der Waals surface area contributed by atoms with Crippen LogP contribution in [0.3, 0.4) is 0 Å². The lowest BCUT2D eigenvalue weighted by atomic mass is 10.0. The van der Waals surface area contributed by atoms with Crippen LogP contribution in [0.5, 0.6) is 0 Å². The molecule has 0 aliphatic carbocycles. The summed E-state index contributed by atoms with van der Waals surface area (Å²) < 4.78 is 0.482. The summed E-state index contributed by atoms with van der Waals surface area (Å²) in [7, 11) is 0. The number of H-pyrrole nitrogens is 2. The van der Waals surface area contributed by atoms with Crippen LogP contribution < -0.4 is 10.6 Å². The Morgan fingerprint density at radius 3 is 1.29 bits per heavy atom. The van der Waals surface area contributed by atoms with Gasteiger partial charge in [-0.15, -0.1) is 0 Å². The standard InChI is InChI=1S/C32H20N6O2S2/c33-17-21-15-25(27(37-31(21)41)19-7-3-1-4-8-19)29(39)35-23-11-13-24(14-12-23)36-30(40)26-16-22(18-34)32(42)38-28(26)20-9-5-2-6-10-20/h1-16H,(H,35,39)(H,36,40)(H,37,41)(H,38,42). The first-order valence-electron chi connectivity index (χ1n) is 12.6. The van der Waals surface area contributed by atoms with Gasteiger partial charge in [-0.25, -0.2) is 0 Å². The quantitative estimate of drug-likeness (QED) is 0.154. The average Bonchev–Trinajstić information content (AvgIpc) is 3.02. The molecule has 0 bridgehead atoms. The lowest BCUT2D eigenvalue weighted by molar-refractivity contribution is 0.101. The summed E-state index contributed by atoms with van der Waals surface area (Å²) >= 11 is 10.6. The predicted octanol–water partition coefficient (Wildman–Crippen LogP) is 7.38. The third-order valence-corrected chi connectivity index (χ3v) is 6.98. The number of amides is 2. The molecule has 0 fully saturated rings. The summed E-state index contributed by atoms with van der Waals surface area (Å²) in [6.45, 7) is 0. The number of aromatic amines is 2. The van der Waals surface area contributed by atoms with E-state index in [-0.39, 0.29) is 31.5 Å². The first-order valence-corrected chi connectivity index (χ1v) is 13.4. The smallest absolute Gasteiger partial charge is 0.257 e. The maximum atomic E-state index is 13.3. The fraction of sp³-hybridized carbons (Fsp3) is 0. The normalized spacial score (nSPS) is 10.2. The average molecular weight is 585 g/mol. The van der Waals surface area contributed by atoms with Crippen LogP contribution in [0.15, 0.2) is 97.1 Å². The zero-order valence-corrected chi connectivity index (χ0v) is 23.4. The Balaban J connectivity index is 1.39. The van der Waals surface area contributed by atoms with Crippen LogP contribution in [-0.2, 0) is 0 Å². The molecule has 2 aromatic heterocycles. The summed E-state index contributed by atoms with van der Waals surface area (Å²) in [5, 5.41) is 24.6. The van der Waals surface area contributed by atoms with E-state index in [0.29, 0.717) is 22.8 Å². The molecule has 5 rings (SSSR count). The molecule has 3 aromatic carbocycles. The Morgan fingerprint density at radius 2 is 0.952 bits per heavy atom. The molecule has 0 radical (unpaired) electrons. The van der Waals surface area contributed by atoms with Crippen molar-refractivity contribution in [2.45, 2.75) is 0 Å². The third-order valence-electron chi connectivity index (χ3n) is 6.34. The molecule has 10 heteroatoms. The molecule has 0 spiro atoms. The molecule has 8 nitrogen and oxygen atoms in total. The van der Waals surface area contributed by atoms with Gasteiger partial charge in [-0.05, 0) is 47.5 Å². The Kier molecular flexibility index (Phi) is 8.12. The van der Waals surface area contributed by atoms with E-state index in [2.05, 4.69) is 20.6 Å². The first-order chi connectivity index (χ1) is 20.4. The first kappa shape index (κ1) is 27.9. The number of benzene rings is 3. The number of rotatable bonds is 6. The summed E-state index contributed by atoms with van der Waals surface area (Å²) in [5.74, 6) is -0.881. The van der Waals surface area contributed by atoms with Gasteiger partial charge < -0.3 is 20.6 Å².